The van der Waals surface area contributed by atoms with Crippen LogP contribution in [-0.2, 0) is 0 Å². The highest BCUT2D eigenvalue weighted by Gasteiger charge is 2.04. The van der Waals surface area contributed by atoms with Crippen LogP contribution in [-0.4, -0.2) is 20.2 Å². The average Bonchev–Trinajstić information content (AvgIpc) is 2.64. The highest BCUT2D eigenvalue weighted by molar-refractivity contribution is 5.55. The van der Waals surface area contributed by atoms with Gasteiger partial charge in [0.05, 0.1) is 5.69 Å². The molecule has 0 atom stereocenters. The Hall–Kier alpha value is -1.91. The van der Waals surface area contributed by atoms with Crippen LogP contribution >= 0.6 is 0 Å². The van der Waals surface area contributed by atoms with Gasteiger partial charge in [0.15, 0.2) is 0 Å². The van der Waals surface area contributed by atoms with Gasteiger partial charge in [-0.05, 0) is 47.5 Å². The van der Waals surface area contributed by atoms with E-state index in [-0.39, 0.29) is 0 Å². The number of hydrogen-bond acceptors (Lipinski definition) is 4. The number of nitrogens with two attached hydrogens (primary N) is 1. The highest BCUT2D eigenvalue weighted by atomic mass is 15.5. The van der Waals surface area contributed by atoms with Crippen molar-refractivity contribution in [3.63, 3.8) is 0 Å². The third-order valence-corrected chi connectivity index (χ3v) is 2.18. The van der Waals surface area contributed by atoms with Crippen LogP contribution in [0.1, 0.15) is 11.1 Å². The Labute approximate surface area is 81.5 Å². The molecule has 0 saturated heterocycles. The fourth-order valence-corrected chi connectivity index (χ4v) is 1.34. The Bertz CT molecular complexity index is 446. The maximum Gasteiger partial charge on any atom is 0.143 e. The Morgan fingerprint density at radius 1 is 1.21 bits per heavy atom. The van der Waals surface area contributed by atoms with Crippen LogP contribution in [0.25, 0.3) is 5.69 Å². The Morgan fingerprint density at radius 2 is 2.00 bits per heavy atom. The monoisotopic (exact) mass is 189 g/mol. The molecule has 0 amide bonds. The Morgan fingerprint density at radius 3 is 2.64 bits per heavy atom. The van der Waals surface area contributed by atoms with Gasteiger partial charge in [0.2, 0.25) is 0 Å². The number of anilines is 1. The molecule has 5 heteroatoms. The summed E-state index contributed by atoms with van der Waals surface area (Å²) in [6, 6.07) is 3.90. The zero-order chi connectivity index (χ0) is 10.1. The molecule has 0 aliphatic heterocycles. The number of rotatable bonds is 1. The van der Waals surface area contributed by atoms with Crippen LogP contribution in [0.4, 0.5) is 5.69 Å². The third kappa shape index (κ3) is 1.32. The first-order chi connectivity index (χ1) is 6.68. The zero-order valence-electron chi connectivity index (χ0n) is 8.10. The smallest absolute Gasteiger partial charge is 0.143 e. The predicted octanol–water partition coefficient (Wildman–Crippen LogP) is 0.861. The van der Waals surface area contributed by atoms with Gasteiger partial charge in [-0.15, -0.1) is 5.10 Å². The van der Waals surface area contributed by atoms with Crippen molar-refractivity contribution >= 4 is 5.69 Å². The second kappa shape index (κ2) is 3.10. The van der Waals surface area contributed by atoms with Crippen LogP contribution in [0, 0.1) is 13.8 Å². The lowest BCUT2D eigenvalue weighted by Gasteiger charge is -2.07. The van der Waals surface area contributed by atoms with E-state index >= 15 is 0 Å². The van der Waals surface area contributed by atoms with Gasteiger partial charge in [0, 0.05) is 5.69 Å². The SMILES string of the molecule is Cc1cc(-n2cnnn2)c(C)cc1N. The van der Waals surface area contributed by atoms with Crippen molar-refractivity contribution in [2.24, 2.45) is 0 Å². The van der Waals surface area contributed by atoms with Gasteiger partial charge >= 0.3 is 0 Å². The number of tetrazole rings is 1. The molecule has 72 valence electrons. The average molecular weight is 189 g/mol. The second-order valence-corrected chi connectivity index (χ2v) is 3.25. The first-order valence-electron chi connectivity index (χ1n) is 4.28. The zero-order valence-corrected chi connectivity index (χ0v) is 8.10. The molecule has 2 rings (SSSR count). The van der Waals surface area contributed by atoms with E-state index in [4.69, 9.17) is 5.73 Å². The van der Waals surface area contributed by atoms with Crippen molar-refractivity contribution in [2.75, 3.05) is 5.73 Å². The lowest BCUT2D eigenvalue weighted by molar-refractivity contribution is 0.785. The third-order valence-electron chi connectivity index (χ3n) is 2.18. The fourth-order valence-electron chi connectivity index (χ4n) is 1.34. The van der Waals surface area contributed by atoms with Gasteiger partial charge in [-0.25, -0.2) is 4.68 Å². The van der Waals surface area contributed by atoms with E-state index in [0.29, 0.717) is 0 Å². The van der Waals surface area contributed by atoms with E-state index in [1.807, 2.05) is 26.0 Å². The van der Waals surface area contributed by atoms with E-state index in [1.54, 1.807) is 11.0 Å². The van der Waals surface area contributed by atoms with E-state index in [2.05, 4.69) is 15.5 Å². The van der Waals surface area contributed by atoms with Gasteiger partial charge < -0.3 is 5.73 Å². The first-order valence-corrected chi connectivity index (χ1v) is 4.28. The topological polar surface area (TPSA) is 69.6 Å². The van der Waals surface area contributed by atoms with Gasteiger partial charge in [-0.1, -0.05) is 0 Å². The largest absolute Gasteiger partial charge is 0.399 e. The molecule has 5 nitrogen and oxygen atoms in total. The molecule has 0 spiro atoms. The maximum absolute atomic E-state index is 5.78. The quantitative estimate of drug-likeness (QED) is 0.675. The van der Waals surface area contributed by atoms with Gasteiger partial charge in [0.1, 0.15) is 6.33 Å². The van der Waals surface area contributed by atoms with Crippen LogP contribution in [0.5, 0.6) is 0 Å². The summed E-state index contributed by atoms with van der Waals surface area (Å²) in [5.74, 6) is 0. The summed E-state index contributed by atoms with van der Waals surface area (Å²) in [6.45, 7) is 3.94. The number of hydrogen-bond donors (Lipinski definition) is 1. The molecule has 0 aliphatic rings. The minimum absolute atomic E-state index is 0.791. The second-order valence-electron chi connectivity index (χ2n) is 3.25. The molecule has 0 aliphatic carbocycles. The normalized spacial score (nSPS) is 10.4. The van der Waals surface area contributed by atoms with Crippen LogP contribution in [0.2, 0.25) is 0 Å². The molecular formula is C9H11N5. The van der Waals surface area contributed by atoms with Crippen molar-refractivity contribution in [3.8, 4) is 5.69 Å². The highest BCUT2D eigenvalue weighted by Crippen LogP contribution is 2.19. The summed E-state index contributed by atoms with van der Waals surface area (Å²) < 4.78 is 1.63. The Kier molecular flexibility index (Phi) is 1.92. The van der Waals surface area contributed by atoms with Crippen molar-refractivity contribution in [1.29, 1.82) is 0 Å². The van der Waals surface area contributed by atoms with Crippen LogP contribution in [0.15, 0.2) is 18.5 Å². The van der Waals surface area contributed by atoms with E-state index < -0.39 is 0 Å². The summed E-state index contributed by atoms with van der Waals surface area (Å²) in [6.07, 6.45) is 1.57. The molecule has 2 aromatic rings. The van der Waals surface area contributed by atoms with Crippen LogP contribution in [0.3, 0.4) is 0 Å². The molecule has 0 saturated carbocycles. The summed E-state index contributed by atoms with van der Waals surface area (Å²) in [5.41, 5.74) is 9.62. The maximum atomic E-state index is 5.78. The summed E-state index contributed by atoms with van der Waals surface area (Å²) >= 11 is 0. The van der Waals surface area contributed by atoms with Gasteiger partial charge in [-0.3, -0.25) is 0 Å². The standard InChI is InChI=1S/C9H11N5/c1-6-4-9(7(2)3-8(6)10)14-5-11-12-13-14/h3-5H,10H2,1-2H3. The molecule has 0 unspecified atom stereocenters. The van der Waals surface area contributed by atoms with Crippen molar-refractivity contribution < 1.29 is 0 Å². The van der Waals surface area contributed by atoms with Crippen molar-refractivity contribution in [1.82, 2.24) is 20.2 Å². The van der Waals surface area contributed by atoms with E-state index in [9.17, 15) is 0 Å². The van der Waals surface area contributed by atoms with Gasteiger partial charge in [0.25, 0.3) is 0 Å². The lowest BCUT2D eigenvalue weighted by Crippen LogP contribution is -2.01. The van der Waals surface area contributed by atoms with E-state index in [1.165, 1.54) is 0 Å². The lowest BCUT2D eigenvalue weighted by atomic mass is 10.1. The fraction of sp³-hybridized carbons (Fsp3) is 0.222. The summed E-state index contributed by atoms with van der Waals surface area (Å²) in [5, 5.41) is 11.0. The number of aryl methyl sites for hydroxylation is 2. The predicted molar refractivity (Wildman–Crippen MR) is 53.0 cm³/mol. The summed E-state index contributed by atoms with van der Waals surface area (Å²) in [7, 11) is 0. The molecule has 0 radical (unpaired) electrons. The molecule has 1 aromatic carbocycles. The number of nitrogens with zero attached hydrogens (tertiary/aromatic N) is 4. The number of aromatic nitrogens is 4. The van der Waals surface area contributed by atoms with Crippen molar-refractivity contribution in [3.05, 3.63) is 29.6 Å². The van der Waals surface area contributed by atoms with Gasteiger partial charge in [-0.2, -0.15) is 0 Å². The number of nitrogen functional groups attached to an aromatic ring is 1. The molecule has 0 fully saturated rings. The minimum Gasteiger partial charge on any atom is -0.399 e. The molecule has 2 N–H and O–H groups in total. The number of benzene rings is 1. The molecule has 1 heterocycles. The van der Waals surface area contributed by atoms with Crippen molar-refractivity contribution in [2.45, 2.75) is 13.8 Å². The summed E-state index contributed by atoms with van der Waals surface area (Å²) in [4.78, 5) is 0. The molecule has 14 heavy (non-hydrogen) atoms. The first kappa shape index (κ1) is 8.68. The Balaban J connectivity index is 2.60. The minimum atomic E-state index is 0.791. The molecular weight excluding hydrogens is 178 g/mol. The molecule has 1 aromatic heterocycles. The van der Waals surface area contributed by atoms with Crippen LogP contribution < -0.4 is 5.73 Å². The van der Waals surface area contributed by atoms with E-state index in [0.717, 1.165) is 22.5 Å². The molecule has 0 bridgehead atoms.